The van der Waals surface area contributed by atoms with E-state index in [1.165, 1.54) is 6.33 Å². The van der Waals surface area contributed by atoms with Gasteiger partial charge in [-0.05, 0) is 70.8 Å². The van der Waals surface area contributed by atoms with Gasteiger partial charge in [0.05, 0.1) is 11.8 Å². The van der Waals surface area contributed by atoms with Crippen molar-refractivity contribution in [2.75, 3.05) is 24.5 Å². The number of likely N-dealkylation sites (tertiary alicyclic amines) is 1. The summed E-state index contributed by atoms with van der Waals surface area (Å²) in [7, 11) is 0. The number of carbonyl (C=O) groups is 2. The van der Waals surface area contributed by atoms with Crippen molar-refractivity contribution in [3.8, 4) is 0 Å². The quantitative estimate of drug-likeness (QED) is 0.570. The number of hydrogen-bond donors (Lipinski definition) is 1. The van der Waals surface area contributed by atoms with E-state index in [0.717, 1.165) is 37.0 Å². The molecule has 2 aromatic rings. The standard InChI is InChI=1S/C26H34F3N5O3S/c1-24(2,3)37-23(36)34-14-25(7-8-25)13-19(34)21(35)32-16-5-4-9-33(10-6-16)20-18-11-17(12-26(27,28)29)38-22(18)31-15-30-20/h11,15-16,19H,4-10,12-14H2,1-3H3,(H,32,35). The van der Waals surface area contributed by atoms with Crippen molar-refractivity contribution in [3.05, 3.63) is 17.3 Å². The number of fused-ring (bicyclic) bond motifs is 1. The highest BCUT2D eigenvalue weighted by molar-refractivity contribution is 7.18. The lowest BCUT2D eigenvalue weighted by atomic mass is 10.0. The minimum Gasteiger partial charge on any atom is -0.444 e. The number of amides is 2. The van der Waals surface area contributed by atoms with Crippen LogP contribution in [0.1, 0.15) is 64.2 Å². The Morgan fingerprint density at radius 2 is 1.95 bits per heavy atom. The molecule has 8 nitrogen and oxygen atoms in total. The number of aromatic nitrogens is 2. The topological polar surface area (TPSA) is 87.7 Å². The van der Waals surface area contributed by atoms with Crippen LogP contribution >= 0.6 is 11.3 Å². The van der Waals surface area contributed by atoms with Crippen molar-refractivity contribution in [1.82, 2.24) is 20.2 Å². The van der Waals surface area contributed by atoms with Gasteiger partial charge in [0.1, 0.15) is 28.6 Å². The molecule has 1 aliphatic carbocycles. The number of rotatable bonds is 4. The molecule has 2 amide bonds. The molecule has 2 atom stereocenters. The largest absolute Gasteiger partial charge is 0.444 e. The smallest absolute Gasteiger partial charge is 0.410 e. The van der Waals surface area contributed by atoms with Gasteiger partial charge in [0.2, 0.25) is 5.91 Å². The molecule has 4 heterocycles. The third-order valence-electron chi connectivity index (χ3n) is 7.50. The van der Waals surface area contributed by atoms with E-state index in [0.29, 0.717) is 48.5 Å². The first-order valence-electron chi connectivity index (χ1n) is 13.2. The van der Waals surface area contributed by atoms with Crippen LogP contribution in [0.25, 0.3) is 10.2 Å². The summed E-state index contributed by atoms with van der Waals surface area (Å²) in [6.07, 6.45) is 0.630. The molecule has 1 spiro atoms. The fourth-order valence-corrected chi connectivity index (χ4v) is 6.54. The molecule has 5 rings (SSSR count). The molecule has 3 fully saturated rings. The summed E-state index contributed by atoms with van der Waals surface area (Å²) in [5.74, 6) is 0.492. The molecule has 3 aliphatic rings. The van der Waals surface area contributed by atoms with Crippen LogP contribution in [-0.2, 0) is 16.0 Å². The van der Waals surface area contributed by atoms with E-state index in [4.69, 9.17) is 4.74 Å². The first-order valence-corrected chi connectivity index (χ1v) is 14.0. The van der Waals surface area contributed by atoms with Gasteiger partial charge in [-0.1, -0.05) is 0 Å². The molecule has 2 aromatic heterocycles. The van der Waals surface area contributed by atoms with E-state index in [2.05, 4.69) is 20.2 Å². The van der Waals surface area contributed by atoms with Crippen molar-refractivity contribution < 1.29 is 27.5 Å². The third kappa shape index (κ3) is 6.16. The molecule has 0 aromatic carbocycles. The Hall–Kier alpha value is -2.63. The Kier molecular flexibility index (Phi) is 6.98. The van der Waals surface area contributed by atoms with Gasteiger partial charge in [0.15, 0.2) is 0 Å². The van der Waals surface area contributed by atoms with E-state index < -0.39 is 30.3 Å². The summed E-state index contributed by atoms with van der Waals surface area (Å²) in [5.41, 5.74) is -0.590. The van der Waals surface area contributed by atoms with E-state index in [1.54, 1.807) is 11.0 Å². The van der Waals surface area contributed by atoms with Crippen LogP contribution < -0.4 is 10.2 Å². The maximum Gasteiger partial charge on any atom is 0.410 e. The van der Waals surface area contributed by atoms with Gasteiger partial charge in [-0.25, -0.2) is 14.8 Å². The number of halogens is 3. The summed E-state index contributed by atoms with van der Waals surface area (Å²) in [6.45, 7) is 7.29. The van der Waals surface area contributed by atoms with Crippen molar-refractivity contribution >= 4 is 39.4 Å². The number of ether oxygens (including phenoxy) is 1. The summed E-state index contributed by atoms with van der Waals surface area (Å²) in [5, 5.41) is 3.81. The van der Waals surface area contributed by atoms with Crippen molar-refractivity contribution in [1.29, 1.82) is 0 Å². The number of alkyl halides is 3. The maximum atomic E-state index is 13.4. The lowest BCUT2D eigenvalue weighted by Crippen LogP contribution is -2.50. The normalized spacial score (nSPS) is 23.5. The van der Waals surface area contributed by atoms with E-state index >= 15 is 0 Å². The van der Waals surface area contributed by atoms with Crippen LogP contribution in [0.15, 0.2) is 12.4 Å². The number of nitrogens with zero attached hydrogens (tertiary/aromatic N) is 4. The SMILES string of the molecule is CC(C)(C)OC(=O)N1CC2(CC2)CC1C(=O)NC1CCCN(c2ncnc3sc(CC(F)(F)F)cc23)CC1. The highest BCUT2D eigenvalue weighted by Gasteiger charge is 2.56. The fourth-order valence-electron chi connectivity index (χ4n) is 5.52. The first-order chi connectivity index (χ1) is 17.8. The Bertz CT molecular complexity index is 1210. The maximum absolute atomic E-state index is 13.4. The molecular weight excluding hydrogens is 519 g/mol. The zero-order chi connectivity index (χ0) is 27.3. The number of carbonyl (C=O) groups excluding carboxylic acids is 2. The van der Waals surface area contributed by atoms with Gasteiger partial charge in [-0.3, -0.25) is 9.69 Å². The molecular formula is C26H34F3N5O3S. The summed E-state index contributed by atoms with van der Waals surface area (Å²) in [4.78, 5) is 39.3. The molecule has 38 heavy (non-hydrogen) atoms. The van der Waals surface area contributed by atoms with Gasteiger partial charge < -0.3 is 15.0 Å². The number of nitrogens with one attached hydrogen (secondary N) is 1. The van der Waals surface area contributed by atoms with Crippen LogP contribution in [0, 0.1) is 5.41 Å². The van der Waals surface area contributed by atoms with Crippen LogP contribution in [0.3, 0.4) is 0 Å². The van der Waals surface area contributed by atoms with Crippen molar-refractivity contribution in [2.24, 2.45) is 5.41 Å². The Morgan fingerprint density at radius 1 is 1.18 bits per heavy atom. The number of anilines is 1. The van der Waals surface area contributed by atoms with Crippen LogP contribution in [0.4, 0.5) is 23.8 Å². The number of thiophene rings is 1. The molecule has 2 saturated heterocycles. The average molecular weight is 554 g/mol. The fraction of sp³-hybridized carbons (Fsp3) is 0.692. The van der Waals surface area contributed by atoms with Crippen LogP contribution in [-0.4, -0.2) is 70.4 Å². The zero-order valence-electron chi connectivity index (χ0n) is 21.9. The predicted molar refractivity (Wildman–Crippen MR) is 138 cm³/mol. The van der Waals surface area contributed by atoms with Crippen LogP contribution in [0.5, 0.6) is 0 Å². The molecule has 0 radical (unpaired) electrons. The first kappa shape index (κ1) is 27.0. The highest BCUT2D eigenvalue weighted by atomic mass is 32.1. The van der Waals surface area contributed by atoms with E-state index in [-0.39, 0.29) is 22.2 Å². The molecule has 1 saturated carbocycles. The molecule has 0 bridgehead atoms. The Morgan fingerprint density at radius 3 is 2.63 bits per heavy atom. The lowest BCUT2D eigenvalue weighted by Gasteiger charge is -2.29. The molecule has 12 heteroatoms. The second-order valence-corrected chi connectivity index (χ2v) is 13.0. The second-order valence-electron chi connectivity index (χ2n) is 11.9. The highest BCUT2D eigenvalue weighted by Crippen LogP contribution is 2.55. The minimum atomic E-state index is -4.28. The van der Waals surface area contributed by atoms with Gasteiger partial charge in [-0.2, -0.15) is 13.2 Å². The average Bonchev–Trinajstić information content (AvgIpc) is 3.34. The number of hydrogen-bond acceptors (Lipinski definition) is 7. The summed E-state index contributed by atoms with van der Waals surface area (Å²) >= 11 is 1.04. The molecule has 2 unspecified atom stereocenters. The minimum absolute atomic E-state index is 0.0447. The lowest BCUT2D eigenvalue weighted by molar-refractivity contribution is -0.127. The Labute approximate surface area is 223 Å². The molecule has 208 valence electrons. The zero-order valence-corrected chi connectivity index (χ0v) is 22.8. The van der Waals surface area contributed by atoms with Gasteiger partial charge >= 0.3 is 12.3 Å². The summed E-state index contributed by atoms with van der Waals surface area (Å²) in [6, 6.07) is 0.946. The van der Waals surface area contributed by atoms with E-state index in [9.17, 15) is 22.8 Å². The monoisotopic (exact) mass is 553 g/mol. The van der Waals surface area contributed by atoms with Gasteiger partial charge in [0.25, 0.3) is 0 Å². The molecule has 2 aliphatic heterocycles. The van der Waals surface area contributed by atoms with Crippen molar-refractivity contribution in [3.63, 3.8) is 0 Å². The predicted octanol–water partition coefficient (Wildman–Crippen LogP) is 5.06. The van der Waals surface area contributed by atoms with Gasteiger partial charge in [-0.15, -0.1) is 11.3 Å². The summed E-state index contributed by atoms with van der Waals surface area (Å²) < 4.78 is 44.4. The Balaban J connectivity index is 1.24. The van der Waals surface area contributed by atoms with Crippen LogP contribution in [0.2, 0.25) is 0 Å². The third-order valence-corrected chi connectivity index (χ3v) is 8.55. The van der Waals surface area contributed by atoms with Crippen molar-refractivity contribution in [2.45, 2.75) is 89.6 Å². The van der Waals surface area contributed by atoms with E-state index in [1.807, 2.05) is 20.8 Å². The molecule has 1 N–H and O–H groups in total. The second kappa shape index (κ2) is 9.84. The van der Waals surface area contributed by atoms with Gasteiger partial charge in [0, 0.05) is 30.6 Å².